The van der Waals surface area contributed by atoms with Gasteiger partial charge in [0, 0.05) is 5.92 Å². The summed E-state index contributed by atoms with van der Waals surface area (Å²) in [4.78, 5) is 24.0. The van der Waals surface area contributed by atoms with Gasteiger partial charge in [0.05, 0.1) is 7.11 Å². The molecule has 0 spiro atoms. The minimum atomic E-state index is -0.466. The summed E-state index contributed by atoms with van der Waals surface area (Å²) in [6.45, 7) is 2.16. The molecule has 0 heterocycles. The molecule has 0 aliphatic heterocycles. The van der Waals surface area contributed by atoms with Crippen molar-refractivity contribution in [3.8, 4) is 0 Å². The van der Waals surface area contributed by atoms with Gasteiger partial charge in [-0.05, 0) is 19.3 Å². The van der Waals surface area contributed by atoms with Crippen LogP contribution in [0.4, 0.5) is 0 Å². The van der Waals surface area contributed by atoms with E-state index < -0.39 is 6.04 Å². The molecule has 1 aliphatic rings. The molecule has 0 aromatic heterocycles. The van der Waals surface area contributed by atoms with Gasteiger partial charge in [-0.15, -0.1) is 0 Å². The van der Waals surface area contributed by atoms with Gasteiger partial charge in [-0.3, -0.25) is 4.79 Å². The highest BCUT2D eigenvalue weighted by Crippen LogP contribution is 2.24. The molecule has 4 nitrogen and oxygen atoms in total. The van der Waals surface area contributed by atoms with Gasteiger partial charge < -0.3 is 10.1 Å². The minimum absolute atomic E-state index is 0.0376. The summed E-state index contributed by atoms with van der Waals surface area (Å²) in [6.07, 6.45) is 10.5. The Morgan fingerprint density at radius 1 is 1.15 bits per heavy atom. The number of nitrogens with one attached hydrogen (secondary N) is 1. The zero-order valence-corrected chi connectivity index (χ0v) is 13.0. The van der Waals surface area contributed by atoms with E-state index >= 15 is 0 Å². The van der Waals surface area contributed by atoms with Crippen LogP contribution in [0.25, 0.3) is 0 Å². The molecule has 1 rings (SSSR count). The van der Waals surface area contributed by atoms with Crippen LogP contribution in [0.2, 0.25) is 0 Å². The third-order valence-corrected chi connectivity index (χ3v) is 4.12. The van der Waals surface area contributed by atoms with Crippen LogP contribution in [-0.4, -0.2) is 25.0 Å². The molecular formula is C16H29NO3. The Balaban J connectivity index is 2.41. The third kappa shape index (κ3) is 5.93. The first-order chi connectivity index (χ1) is 9.69. The Hall–Kier alpha value is -1.06. The Morgan fingerprint density at radius 2 is 1.85 bits per heavy atom. The highest BCUT2D eigenvalue weighted by Gasteiger charge is 2.26. The van der Waals surface area contributed by atoms with Crippen molar-refractivity contribution in [1.82, 2.24) is 5.32 Å². The quantitative estimate of drug-likeness (QED) is 0.550. The average molecular weight is 283 g/mol. The highest BCUT2D eigenvalue weighted by atomic mass is 16.5. The number of carbonyl (C=O) groups is 2. The molecule has 0 radical (unpaired) electrons. The lowest BCUT2D eigenvalue weighted by atomic mass is 9.88. The molecule has 1 amide bonds. The molecule has 116 valence electrons. The largest absolute Gasteiger partial charge is 0.467 e. The molecule has 1 aliphatic carbocycles. The molecule has 1 saturated carbocycles. The van der Waals surface area contributed by atoms with E-state index in [1.165, 1.54) is 20.0 Å². The Labute approximate surface area is 122 Å². The van der Waals surface area contributed by atoms with Gasteiger partial charge in [0.2, 0.25) is 5.91 Å². The maximum atomic E-state index is 12.2. The lowest BCUT2D eigenvalue weighted by Crippen LogP contribution is -2.44. The lowest BCUT2D eigenvalue weighted by molar-refractivity contribution is -0.146. The minimum Gasteiger partial charge on any atom is -0.467 e. The molecule has 1 fully saturated rings. The van der Waals surface area contributed by atoms with E-state index in [2.05, 4.69) is 12.2 Å². The second-order valence-electron chi connectivity index (χ2n) is 5.77. The van der Waals surface area contributed by atoms with Crippen LogP contribution in [0.1, 0.15) is 71.1 Å². The van der Waals surface area contributed by atoms with Crippen LogP contribution in [0.5, 0.6) is 0 Å². The van der Waals surface area contributed by atoms with Crippen LogP contribution < -0.4 is 5.32 Å². The summed E-state index contributed by atoms with van der Waals surface area (Å²) in [5, 5.41) is 2.90. The highest BCUT2D eigenvalue weighted by molar-refractivity contribution is 5.85. The normalized spacial score (nSPS) is 17.5. The van der Waals surface area contributed by atoms with Crippen LogP contribution in [0.3, 0.4) is 0 Å². The zero-order chi connectivity index (χ0) is 14.8. The second kappa shape index (κ2) is 9.78. The summed E-state index contributed by atoms with van der Waals surface area (Å²) < 4.78 is 4.80. The maximum Gasteiger partial charge on any atom is 0.328 e. The van der Waals surface area contributed by atoms with E-state index in [0.29, 0.717) is 6.42 Å². The first-order valence-corrected chi connectivity index (χ1v) is 8.07. The topological polar surface area (TPSA) is 55.4 Å². The van der Waals surface area contributed by atoms with E-state index in [-0.39, 0.29) is 17.8 Å². The zero-order valence-electron chi connectivity index (χ0n) is 13.0. The standard InChI is InChI=1S/C16H29NO3/c1-3-4-5-9-12-14(16(19)20-2)17-15(18)13-10-7-6-8-11-13/h13-14H,3-12H2,1-2H3,(H,17,18)/t14-/m1/s1. The van der Waals surface area contributed by atoms with Crippen LogP contribution in [-0.2, 0) is 14.3 Å². The van der Waals surface area contributed by atoms with Crippen molar-refractivity contribution in [2.75, 3.05) is 7.11 Å². The van der Waals surface area contributed by atoms with Gasteiger partial charge in [0.25, 0.3) is 0 Å². The van der Waals surface area contributed by atoms with Crippen molar-refractivity contribution in [3.63, 3.8) is 0 Å². The molecule has 1 N–H and O–H groups in total. The predicted octanol–water partition coefficient (Wildman–Crippen LogP) is 3.19. The number of rotatable bonds is 8. The monoisotopic (exact) mass is 283 g/mol. The van der Waals surface area contributed by atoms with E-state index in [1.807, 2.05) is 0 Å². The van der Waals surface area contributed by atoms with Crippen molar-refractivity contribution in [3.05, 3.63) is 0 Å². The molecule has 0 saturated heterocycles. The second-order valence-corrected chi connectivity index (χ2v) is 5.77. The number of unbranched alkanes of at least 4 members (excludes halogenated alkanes) is 3. The molecule has 20 heavy (non-hydrogen) atoms. The average Bonchev–Trinajstić information content (AvgIpc) is 2.50. The summed E-state index contributed by atoms with van der Waals surface area (Å²) in [7, 11) is 1.38. The first kappa shape index (κ1) is 17.0. The summed E-state index contributed by atoms with van der Waals surface area (Å²) >= 11 is 0. The fraction of sp³-hybridized carbons (Fsp3) is 0.875. The maximum absolute atomic E-state index is 12.2. The van der Waals surface area contributed by atoms with Gasteiger partial charge >= 0.3 is 5.97 Å². The van der Waals surface area contributed by atoms with Gasteiger partial charge in [0.15, 0.2) is 0 Å². The van der Waals surface area contributed by atoms with Gasteiger partial charge in [-0.1, -0.05) is 51.9 Å². The van der Waals surface area contributed by atoms with Crippen molar-refractivity contribution in [1.29, 1.82) is 0 Å². The number of amides is 1. The Bertz CT molecular complexity index is 298. The molecule has 0 bridgehead atoms. The molecule has 0 aromatic carbocycles. The van der Waals surface area contributed by atoms with Gasteiger partial charge in [-0.25, -0.2) is 4.79 Å². The fourth-order valence-corrected chi connectivity index (χ4v) is 2.82. The first-order valence-electron chi connectivity index (χ1n) is 8.07. The Morgan fingerprint density at radius 3 is 2.45 bits per heavy atom. The molecule has 0 aromatic rings. The van der Waals surface area contributed by atoms with Crippen molar-refractivity contribution in [2.45, 2.75) is 77.2 Å². The molecule has 1 atom stereocenters. The van der Waals surface area contributed by atoms with Gasteiger partial charge in [0.1, 0.15) is 6.04 Å². The summed E-state index contributed by atoms with van der Waals surface area (Å²) in [6, 6.07) is -0.466. The van der Waals surface area contributed by atoms with E-state index in [4.69, 9.17) is 4.74 Å². The number of hydrogen-bond acceptors (Lipinski definition) is 3. The summed E-state index contributed by atoms with van der Waals surface area (Å²) in [5.41, 5.74) is 0. The van der Waals surface area contributed by atoms with Crippen LogP contribution >= 0.6 is 0 Å². The number of esters is 1. The number of hydrogen-bond donors (Lipinski definition) is 1. The molecular weight excluding hydrogens is 254 g/mol. The van der Waals surface area contributed by atoms with Crippen molar-refractivity contribution in [2.24, 2.45) is 5.92 Å². The molecule has 0 unspecified atom stereocenters. The number of methoxy groups -OCH3 is 1. The SMILES string of the molecule is CCCCCC[C@@H](NC(=O)C1CCCCC1)C(=O)OC. The Kier molecular flexibility index (Phi) is 8.31. The molecule has 4 heteroatoms. The van der Waals surface area contributed by atoms with Crippen molar-refractivity contribution >= 4 is 11.9 Å². The number of ether oxygens (including phenoxy) is 1. The van der Waals surface area contributed by atoms with Crippen molar-refractivity contribution < 1.29 is 14.3 Å². The van der Waals surface area contributed by atoms with Crippen LogP contribution in [0.15, 0.2) is 0 Å². The van der Waals surface area contributed by atoms with Crippen LogP contribution in [0, 0.1) is 5.92 Å². The number of carbonyl (C=O) groups excluding carboxylic acids is 2. The van der Waals surface area contributed by atoms with E-state index in [0.717, 1.165) is 44.9 Å². The fourth-order valence-electron chi connectivity index (χ4n) is 2.82. The van der Waals surface area contributed by atoms with Gasteiger partial charge in [-0.2, -0.15) is 0 Å². The predicted molar refractivity (Wildman–Crippen MR) is 79.3 cm³/mol. The summed E-state index contributed by atoms with van der Waals surface area (Å²) in [5.74, 6) is -0.187. The van der Waals surface area contributed by atoms with E-state index in [1.54, 1.807) is 0 Å². The smallest absolute Gasteiger partial charge is 0.328 e. The van der Waals surface area contributed by atoms with E-state index in [9.17, 15) is 9.59 Å². The third-order valence-electron chi connectivity index (χ3n) is 4.12. The lowest BCUT2D eigenvalue weighted by Gasteiger charge is -2.23.